The van der Waals surface area contributed by atoms with Crippen LogP contribution in [-0.2, 0) is 4.79 Å². The molecule has 0 radical (unpaired) electrons. The van der Waals surface area contributed by atoms with Crippen LogP contribution in [-0.4, -0.2) is 10.8 Å². The molecule has 3 heteroatoms. The van der Waals surface area contributed by atoms with E-state index in [0.29, 0.717) is 5.92 Å². The van der Waals surface area contributed by atoms with Gasteiger partial charge in [0.1, 0.15) is 5.82 Å². The summed E-state index contributed by atoms with van der Waals surface area (Å²) in [7, 11) is 0. The molecule has 25 heavy (non-hydrogen) atoms. The van der Waals surface area contributed by atoms with Crippen LogP contribution < -0.4 is 0 Å². The maximum Gasteiger partial charge on any atom is 0.152 e. The molecule has 124 valence electrons. The molecule has 0 unspecified atom stereocenters. The Bertz CT molecular complexity index is 985. The van der Waals surface area contributed by atoms with E-state index in [0.717, 1.165) is 46.1 Å². The Morgan fingerprint density at radius 2 is 1.84 bits per heavy atom. The lowest BCUT2D eigenvalue weighted by atomic mass is 9.92. The highest BCUT2D eigenvalue weighted by Crippen LogP contribution is 2.45. The largest absolute Gasteiger partial charge is 0.295 e. The molecular formula is C22H18FNO. The molecule has 1 heterocycles. The van der Waals surface area contributed by atoms with Crippen molar-refractivity contribution in [3.8, 4) is 11.1 Å². The van der Waals surface area contributed by atoms with Gasteiger partial charge in [0.2, 0.25) is 0 Å². The maximum atomic E-state index is 13.4. The van der Waals surface area contributed by atoms with Gasteiger partial charge in [-0.05, 0) is 55.7 Å². The fraction of sp³-hybridized carbons (Fsp3) is 0.182. The summed E-state index contributed by atoms with van der Waals surface area (Å²) in [5.41, 5.74) is 4.90. The number of halogens is 1. The first-order valence-corrected chi connectivity index (χ1v) is 8.50. The van der Waals surface area contributed by atoms with Crippen molar-refractivity contribution in [3.05, 3.63) is 71.7 Å². The Labute approximate surface area is 146 Å². The van der Waals surface area contributed by atoms with E-state index in [-0.39, 0.29) is 11.6 Å². The molecule has 0 amide bonds. The summed E-state index contributed by atoms with van der Waals surface area (Å²) in [5.74, 6) is 0.181. The summed E-state index contributed by atoms with van der Waals surface area (Å²) in [4.78, 5) is 16.4. The molecule has 0 spiro atoms. The molecule has 4 rings (SSSR count). The quantitative estimate of drug-likeness (QED) is 0.589. The fourth-order valence-corrected chi connectivity index (χ4v) is 3.21. The predicted octanol–water partition coefficient (Wildman–Crippen LogP) is 5.52. The highest BCUT2D eigenvalue weighted by atomic mass is 19.1. The van der Waals surface area contributed by atoms with Crippen molar-refractivity contribution in [1.82, 2.24) is 4.98 Å². The van der Waals surface area contributed by atoms with Crippen molar-refractivity contribution >= 4 is 22.8 Å². The number of aromatic nitrogens is 1. The van der Waals surface area contributed by atoms with E-state index in [1.165, 1.54) is 12.1 Å². The second kappa shape index (κ2) is 6.25. The number of ketones is 1. The van der Waals surface area contributed by atoms with Crippen molar-refractivity contribution in [2.75, 3.05) is 0 Å². The Hall–Kier alpha value is -2.81. The zero-order valence-corrected chi connectivity index (χ0v) is 14.0. The molecule has 3 aromatic rings. The fourth-order valence-electron chi connectivity index (χ4n) is 3.21. The van der Waals surface area contributed by atoms with Crippen LogP contribution in [0.4, 0.5) is 4.39 Å². The second-order valence-electron chi connectivity index (χ2n) is 6.53. The molecule has 1 aliphatic rings. The number of carbonyl (C=O) groups excluding carboxylic acids is 1. The van der Waals surface area contributed by atoms with Crippen LogP contribution in [0.15, 0.2) is 54.6 Å². The minimum atomic E-state index is -0.259. The lowest BCUT2D eigenvalue weighted by Crippen LogP contribution is -1.98. The number of carbonyl (C=O) groups is 1. The molecule has 0 N–H and O–H groups in total. The number of benzene rings is 2. The van der Waals surface area contributed by atoms with Gasteiger partial charge in [-0.15, -0.1) is 0 Å². The van der Waals surface area contributed by atoms with Crippen LogP contribution in [0.25, 0.3) is 28.1 Å². The summed E-state index contributed by atoms with van der Waals surface area (Å²) < 4.78 is 13.4. The van der Waals surface area contributed by atoms with Crippen LogP contribution in [0.1, 0.15) is 36.9 Å². The topological polar surface area (TPSA) is 30.0 Å². The SMILES string of the molecule is CC(=O)/C=C/c1c(C2CC2)nc2ccccc2c1-c1ccc(F)cc1. The monoisotopic (exact) mass is 331 g/mol. The summed E-state index contributed by atoms with van der Waals surface area (Å²) in [5, 5.41) is 1.02. The number of hydrogen-bond acceptors (Lipinski definition) is 2. The Morgan fingerprint density at radius 3 is 2.52 bits per heavy atom. The van der Waals surface area contributed by atoms with E-state index in [1.54, 1.807) is 25.1 Å². The third-order valence-electron chi connectivity index (χ3n) is 4.54. The van der Waals surface area contributed by atoms with Crippen molar-refractivity contribution in [1.29, 1.82) is 0 Å². The van der Waals surface area contributed by atoms with Gasteiger partial charge in [0.05, 0.1) is 11.2 Å². The van der Waals surface area contributed by atoms with E-state index in [2.05, 4.69) is 0 Å². The number of allylic oxidation sites excluding steroid dienone is 1. The average molecular weight is 331 g/mol. The third-order valence-corrected chi connectivity index (χ3v) is 4.54. The molecule has 1 aromatic heterocycles. The zero-order valence-electron chi connectivity index (χ0n) is 14.0. The Kier molecular flexibility index (Phi) is 3.92. The highest BCUT2D eigenvalue weighted by Gasteiger charge is 2.29. The maximum absolute atomic E-state index is 13.4. The van der Waals surface area contributed by atoms with Crippen LogP contribution >= 0.6 is 0 Å². The van der Waals surface area contributed by atoms with E-state index < -0.39 is 0 Å². The van der Waals surface area contributed by atoms with E-state index in [9.17, 15) is 9.18 Å². The van der Waals surface area contributed by atoms with Gasteiger partial charge >= 0.3 is 0 Å². The van der Waals surface area contributed by atoms with Crippen LogP contribution in [0.5, 0.6) is 0 Å². The van der Waals surface area contributed by atoms with Gasteiger partial charge in [-0.25, -0.2) is 4.39 Å². The second-order valence-corrected chi connectivity index (χ2v) is 6.53. The number of fused-ring (bicyclic) bond motifs is 1. The molecule has 0 atom stereocenters. The summed E-state index contributed by atoms with van der Waals surface area (Å²) in [6.45, 7) is 1.54. The number of nitrogens with zero attached hydrogens (tertiary/aromatic N) is 1. The normalized spacial score (nSPS) is 14.3. The van der Waals surface area contributed by atoms with Crippen molar-refractivity contribution in [3.63, 3.8) is 0 Å². The van der Waals surface area contributed by atoms with Gasteiger partial charge in [-0.3, -0.25) is 9.78 Å². The molecule has 2 nitrogen and oxygen atoms in total. The van der Waals surface area contributed by atoms with E-state index >= 15 is 0 Å². The number of rotatable bonds is 4. The van der Waals surface area contributed by atoms with Crippen LogP contribution in [0, 0.1) is 5.82 Å². The minimum Gasteiger partial charge on any atom is -0.295 e. The van der Waals surface area contributed by atoms with Gasteiger partial charge in [-0.1, -0.05) is 30.3 Å². The first-order chi connectivity index (χ1) is 12.1. The van der Waals surface area contributed by atoms with Crippen molar-refractivity contribution in [2.24, 2.45) is 0 Å². The van der Waals surface area contributed by atoms with Gasteiger partial charge in [0, 0.05) is 22.4 Å². The third kappa shape index (κ3) is 3.10. The van der Waals surface area contributed by atoms with Crippen molar-refractivity contribution in [2.45, 2.75) is 25.7 Å². The first-order valence-electron chi connectivity index (χ1n) is 8.50. The molecule has 1 fully saturated rings. The number of hydrogen-bond donors (Lipinski definition) is 0. The lowest BCUT2D eigenvalue weighted by molar-refractivity contribution is -0.112. The average Bonchev–Trinajstić information content (AvgIpc) is 3.44. The smallest absolute Gasteiger partial charge is 0.152 e. The molecular weight excluding hydrogens is 313 g/mol. The Balaban J connectivity index is 2.06. The van der Waals surface area contributed by atoms with Crippen molar-refractivity contribution < 1.29 is 9.18 Å². The zero-order chi connectivity index (χ0) is 17.4. The van der Waals surface area contributed by atoms with Gasteiger partial charge in [0.15, 0.2) is 5.78 Å². The molecule has 0 saturated heterocycles. The molecule has 1 aliphatic carbocycles. The molecule has 2 aromatic carbocycles. The first kappa shape index (κ1) is 15.7. The molecule has 0 bridgehead atoms. The molecule has 1 saturated carbocycles. The standard InChI is InChI=1S/C22H18FNO/c1-14(25)6-13-19-21(15-9-11-17(23)12-10-15)18-4-2-3-5-20(18)24-22(19)16-7-8-16/h2-6,9-13,16H,7-8H2,1H3/b13-6+. The Morgan fingerprint density at radius 1 is 1.12 bits per heavy atom. The minimum absolute atomic E-state index is 0.0000355. The summed E-state index contributed by atoms with van der Waals surface area (Å²) in [6.07, 6.45) is 5.70. The lowest BCUT2D eigenvalue weighted by Gasteiger charge is -2.15. The van der Waals surface area contributed by atoms with Gasteiger partial charge in [-0.2, -0.15) is 0 Å². The summed E-state index contributed by atoms with van der Waals surface area (Å²) in [6, 6.07) is 14.5. The van der Waals surface area contributed by atoms with Gasteiger partial charge < -0.3 is 0 Å². The number of pyridine rings is 1. The number of para-hydroxylation sites is 1. The van der Waals surface area contributed by atoms with Crippen LogP contribution in [0.3, 0.4) is 0 Å². The van der Waals surface area contributed by atoms with Crippen LogP contribution in [0.2, 0.25) is 0 Å². The molecule has 0 aliphatic heterocycles. The highest BCUT2D eigenvalue weighted by molar-refractivity contribution is 6.01. The predicted molar refractivity (Wildman–Crippen MR) is 98.8 cm³/mol. The van der Waals surface area contributed by atoms with E-state index in [1.807, 2.05) is 30.3 Å². The van der Waals surface area contributed by atoms with E-state index in [4.69, 9.17) is 4.98 Å². The summed E-state index contributed by atoms with van der Waals surface area (Å²) >= 11 is 0. The van der Waals surface area contributed by atoms with Gasteiger partial charge in [0.25, 0.3) is 0 Å².